The average Bonchev–Trinajstić information content (AvgIpc) is 3.81. The van der Waals surface area contributed by atoms with Crippen LogP contribution in [0.15, 0.2) is 169 Å². The minimum atomic E-state index is -1.37. The van der Waals surface area contributed by atoms with Gasteiger partial charge in [0.2, 0.25) is 0 Å². The highest BCUT2D eigenvalue weighted by molar-refractivity contribution is 6.22. The summed E-state index contributed by atoms with van der Waals surface area (Å²) in [7, 11) is 0. The van der Waals surface area contributed by atoms with Crippen LogP contribution in [0.5, 0.6) is 0 Å². The highest BCUT2D eigenvalue weighted by Crippen LogP contribution is 2.51. The molecule has 0 saturated carbocycles. The van der Waals surface area contributed by atoms with Crippen LogP contribution in [-0.2, 0) is 5.41 Å². The molecule has 9 aromatic rings. The van der Waals surface area contributed by atoms with Crippen LogP contribution >= 0.6 is 0 Å². The van der Waals surface area contributed by atoms with Crippen molar-refractivity contribution in [3.05, 3.63) is 181 Å². The number of fused-ring (bicyclic) bond motifs is 6. The largest absolute Gasteiger partial charge is 0.292 e. The number of hydrogen-bond donors (Lipinski definition) is 0. The van der Waals surface area contributed by atoms with E-state index in [4.69, 9.17) is 16.0 Å². The van der Waals surface area contributed by atoms with Crippen molar-refractivity contribution in [2.45, 2.75) is 19.3 Å². The average molecular weight is 654 g/mol. The summed E-state index contributed by atoms with van der Waals surface area (Å²) in [4.78, 5) is 5.01. The van der Waals surface area contributed by atoms with Gasteiger partial charge in [0.15, 0.2) is 0 Å². The molecule has 0 saturated heterocycles. The molecule has 0 N–H and O–H groups in total. The number of para-hydroxylation sites is 3. The molecule has 1 aromatic heterocycles. The number of imidazole rings is 1. The smallest absolute Gasteiger partial charge is 0.145 e. The minimum Gasteiger partial charge on any atom is -0.292 e. The molecule has 0 unspecified atom stereocenters. The van der Waals surface area contributed by atoms with Crippen molar-refractivity contribution in [3.63, 3.8) is 0 Å². The van der Waals surface area contributed by atoms with Crippen molar-refractivity contribution in [1.82, 2.24) is 9.55 Å². The third-order valence-corrected chi connectivity index (χ3v) is 9.63. The van der Waals surface area contributed by atoms with Gasteiger partial charge >= 0.3 is 0 Å². The maximum atomic E-state index is 9.99. The lowest BCUT2D eigenvalue weighted by atomic mass is 9.80. The molecule has 1 heterocycles. The van der Waals surface area contributed by atoms with E-state index in [2.05, 4.69) is 0 Å². The van der Waals surface area contributed by atoms with Crippen LogP contribution < -0.4 is 0 Å². The fourth-order valence-electron chi connectivity index (χ4n) is 7.36. The zero-order chi connectivity index (χ0) is 46.5. The van der Waals surface area contributed by atoms with Crippen molar-refractivity contribution >= 4 is 32.6 Å². The minimum absolute atomic E-state index is 0.0260. The molecule has 1 aliphatic rings. The highest BCUT2D eigenvalue weighted by atomic mass is 15.1. The van der Waals surface area contributed by atoms with Gasteiger partial charge in [-0.3, -0.25) is 4.57 Å². The van der Waals surface area contributed by atoms with E-state index in [-0.39, 0.29) is 66.5 Å². The summed E-state index contributed by atoms with van der Waals surface area (Å²) in [6.45, 7) is 3.28. The van der Waals surface area contributed by atoms with E-state index in [0.717, 1.165) is 5.56 Å². The standard InChI is InChI=1S/C48H34N2/c1-48(2)40-24-12-10-18-33(40)34-29-28-32(30-41(34)48)45-35-19-6-8-21-37(35)46(38-22-9-7-20-36(38)45)39-23-11-14-26-43(39)50-44-27-15-13-25-42(44)49-47(50)31-16-4-3-5-17-31/h3-30H,1-2H3/i6D,7D,8D,9D,10D,12D,18D,19D,20D,21D,22D,24D,28D,29D,30D. The Labute approximate surface area is 313 Å². The molecule has 8 aromatic carbocycles. The molecule has 2 nitrogen and oxygen atoms in total. The molecule has 236 valence electrons. The normalized spacial score (nSPS) is 17.4. The van der Waals surface area contributed by atoms with E-state index in [1.807, 2.05) is 59.2 Å². The van der Waals surface area contributed by atoms with Crippen molar-refractivity contribution in [3.8, 4) is 50.5 Å². The summed E-state index contributed by atoms with van der Waals surface area (Å²) < 4.78 is 140. The van der Waals surface area contributed by atoms with Crippen LogP contribution in [0.1, 0.15) is 45.5 Å². The van der Waals surface area contributed by atoms with Crippen LogP contribution in [0.3, 0.4) is 0 Å². The zero-order valence-corrected chi connectivity index (χ0v) is 26.9. The Hall–Kier alpha value is -6.25. The Balaban J connectivity index is 1.45. The Bertz CT molecular complexity index is 3550. The van der Waals surface area contributed by atoms with Gasteiger partial charge in [-0.25, -0.2) is 4.98 Å². The van der Waals surface area contributed by atoms with E-state index in [1.54, 1.807) is 38.1 Å². The Kier molecular flexibility index (Phi) is 3.79. The Morgan fingerprint density at radius 2 is 1.12 bits per heavy atom. The van der Waals surface area contributed by atoms with Crippen LogP contribution in [0, 0.1) is 0 Å². The van der Waals surface area contributed by atoms with Crippen LogP contribution in [0.25, 0.3) is 83.0 Å². The van der Waals surface area contributed by atoms with E-state index < -0.39 is 90.0 Å². The molecule has 0 radical (unpaired) electrons. The summed E-state index contributed by atoms with van der Waals surface area (Å²) in [5, 5.41) is -0.823. The monoisotopic (exact) mass is 653 g/mol. The Morgan fingerprint density at radius 1 is 0.520 bits per heavy atom. The number of hydrogen-bond acceptors (Lipinski definition) is 1. The van der Waals surface area contributed by atoms with Crippen molar-refractivity contribution in [2.24, 2.45) is 0 Å². The van der Waals surface area contributed by atoms with Crippen molar-refractivity contribution in [1.29, 1.82) is 0 Å². The van der Waals surface area contributed by atoms with Crippen molar-refractivity contribution < 1.29 is 20.6 Å². The third-order valence-electron chi connectivity index (χ3n) is 9.63. The maximum Gasteiger partial charge on any atom is 0.145 e. The number of nitrogens with zero attached hydrogens (tertiary/aromatic N) is 2. The molecule has 0 amide bonds. The first-order valence-electron chi connectivity index (χ1n) is 23.7. The molecule has 50 heavy (non-hydrogen) atoms. The Morgan fingerprint density at radius 3 is 1.88 bits per heavy atom. The zero-order valence-electron chi connectivity index (χ0n) is 41.9. The van der Waals surface area contributed by atoms with Gasteiger partial charge in [-0.15, -0.1) is 0 Å². The van der Waals surface area contributed by atoms with Crippen LogP contribution in [-0.4, -0.2) is 9.55 Å². The number of rotatable bonds is 4. The van der Waals surface area contributed by atoms with E-state index in [0.29, 0.717) is 28.1 Å². The van der Waals surface area contributed by atoms with Gasteiger partial charge in [0.1, 0.15) is 5.82 Å². The molecular weight excluding hydrogens is 605 g/mol. The highest BCUT2D eigenvalue weighted by Gasteiger charge is 2.35. The van der Waals surface area contributed by atoms with Crippen LogP contribution in [0.4, 0.5) is 0 Å². The molecule has 10 rings (SSSR count). The lowest BCUT2D eigenvalue weighted by molar-refractivity contribution is 0.660. The number of aromatic nitrogens is 2. The van der Waals surface area contributed by atoms with Gasteiger partial charge < -0.3 is 0 Å². The second-order valence-electron chi connectivity index (χ2n) is 12.8. The fourth-order valence-corrected chi connectivity index (χ4v) is 7.36. The quantitative estimate of drug-likeness (QED) is 0.173. The summed E-state index contributed by atoms with van der Waals surface area (Å²) >= 11 is 0. The molecule has 0 fully saturated rings. The van der Waals surface area contributed by atoms with Crippen LogP contribution in [0.2, 0.25) is 0 Å². The first kappa shape index (κ1) is 17.4. The van der Waals surface area contributed by atoms with Gasteiger partial charge in [-0.05, 0) is 84.7 Å². The van der Waals surface area contributed by atoms with E-state index in [1.165, 1.54) is 0 Å². The molecular formula is C48H34N2. The lowest BCUT2D eigenvalue weighted by Gasteiger charge is -2.23. The molecule has 0 bridgehead atoms. The topological polar surface area (TPSA) is 17.8 Å². The van der Waals surface area contributed by atoms with Gasteiger partial charge in [0, 0.05) is 16.5 Å². The molecule has 0 spiro atoms. The first-order valence-corrected chi connectivity index (χ1v) is 16.2. The molecule has 1 aliphatic carbocycles. The fraction of sp³-hybridized carbons (Fsp3) is 0.0625. The number of benzene rings is 8. The van der Waals surface area contributed by atoms with E-state index in [9.17, 15) is 9.60 Å². The molecule has 0 atom stereocenters. The van der Waals surface area contributed by atoms with Gasteiger partial charge in [-0.1, -0.05) is 159 Å². The SMILES string of the molecule is [2H]c1c([2H])c([2H])c2c(c1[2H])-c1c([2H])c([2H])c(-c3c4c([2H])c([2H])c([2H])c([2H])c4c(-c4ccccc4-n4c(-c5ccccc5)nc5ccccc54)c4c([2H])c([2H])c([2H])c([2H])c34)c([2H])c1C2(C)C. The third kappa shape index (κ3) is 4.12. The maximum absolute atomic E-state index is 9.99. The molecule has 0 aliphatic heterocycles. The molecule has 2 heteroatoms. The summed E-state index contributed by atoms with van der Waals surface area (Å²) in [6, 6.07) is 15.4. The predicted molar refractivity (Wildman–Crippen MR) is 210 cm³/mol. The van der Waals surface area contributed by atoms with Gasteiger partial charge in [-0.2, -0.15) is 0 Å². The van der Waals surface area contributed by atoms with Crippen molar-refractivity contribution in [2.75, 3.05) is 0 Å². The second kappa shape index (κ2) is 10.9. The summed E-state index contributed by atoms with van der Waals surface area (Å²) in [5.41, 5.74) is 0.960. The van der Waals surface area contributed by atoms with Gasteiger partial charge in [0.25, 0.3) is 0 Å². The first-order chi connectivity index (χ1) is 30.8. The lowest BCUT2D eigenvalue weighted by Crippen LogP contribution is -2.14. The van der Waals surface area contributed by atoms with Gasteiger partial charge in [0.05, 0.1) is 37.3 Å². The summed E-state index contributed by atoms with van der Waals surface area (Å²) in [5.74, 6) is 0.525. The second-order valence-corrected chi connectivity index (χ2v) is 12.8. The predicted octanol–water partition coefficient (Wildman–Crippen LogP) is 12.6. The summed E-state index contributed by atoms with van der Waals surface area (Å²) in [6.07, 6.45) is 0. The van der Waals surface area contributed by atoms with E-state index >= 15 is 0 Å².